The van der Waals surface area contributed by atoms with E-state index in [1.165, 1.54) is 4.31 Å². The van der Waals surface area contributed by atoms with E-state index < -0.39 is 10.0 Å². The largest absolute Gasteiger partial charge is 0.286 e. The van der Waals surface area contributed by atoms with Crippen LogP contribution in [0.3, 0.4) is 0 Å². The number of hydrogen-bond acceptors (Lipinski definition) is 5. The summed E-state index contributed by atoms with van der Waals surface area (Å²) in [5.74, 6) is 0. The van der Waals surface area contributed by atoms with Crippen LogP contribution in [0.2, 0.25) is 0 Å². The zero-order valence-corrected chi connectivity index (χ0v) is 12.7. The van der Waals surface area contributed by atoms with E-state index in [9.17, 15) is 8.42 Å². The van der Waals surface area contributed by atoms with Gasteiger partial charge in [-0.1, -0.05) is 0 Å². The number of aromatic nitrogens is 2. The van der Waals surface area contributed by atoms with Gasteiger partial charge in [-0.3, -0.25) is 10.00 Å². The second kappa shape index (κ2) is 5.52. The average Bonchev–Trinajstić information content (AvgIpc) is 2.78. The third-order valence-corrected chi connectivity index (χ3v) is 5.83. The van der Waals surface area contributed by atoms with Gasteiger partial charge in [-0.2, -0.15) is 14.7 Å². The van der Waals surface area contributed by atoms with Gasteiger partial charge < -0.3 is 0 Å². The van der Waals surface area contributed by atoms with E-state index >= 15 is 0 Å². The Kier molecular flexibility index (Phi) is 4.13. The Morgan fingerprint density at radius 2 is 1.90 bits per heavy atom. The first-order chi connectivity index (χ1) is 9.37. The maximum Gasteiger partial charge on any atom is 0.246 e. The van der Waals surface area contributed by atoms with Gasteiger partial charge in [0, 0.05) is 26.2 Å². The lowest BCUT2D eigenvalue weighted by molar-refractivity contribution is 0.169. The topological polar surface area (TPSA) is 93.1 Å². The summed E-state index contributed by atoms with van der Waals surface area (Å²) in [4.78, 5) is 2.26. The lowest BCUT2D eigenvalue weighted by atomic mass is 10.2. The molecule has 0 radical (unpaired) electrons. The van der Waals surface area contributed by atoms with Gasteiger partial charge in [0.05, 0.1) is 23.5 Å². The number of aryl methyl sites for hydroxylation is 2. The summed E-state index contributed by atoms with van der Waals surface area (Å²) < 4.78 is 26.7. The number of piperazine rings is 1. The van der Waals surface area contributed by atoms with Gasteiger partial charge in [0.15, 0.2) is 0 Å². The highest BCUT2D eigenvalue weighted by molar-refractivity contribution is 7.89. The molecule has 0 bridgehead atoms. The fourth-order valence-corrected chi connectivity index (χ4v) is 4.22. The first-order valence-corrected chi connectivity index (χ1v) is 7.97. The fraction of sp³-hybridized carbons (Fsp3) is 0.667. The minimum Gasteiger partial charge on any atom is -0.286 e. The number of H-pyrrole nitrogens is 1. The number of aromatic amines is 1. The highest BCUT2D eigenvalue weighted by Crippen LogP contribution is 2.22. The molecule has 1 saturated heterocycles. The first kappa shape index (κ1) is 15.0. The summed E-state index contributed by atoms with van der Waals surface area (Å²) >= 11 is 0. The molecule has 1 aromatic rings. The molecule has 1 atom stereocenters. The predicted molar refractivity (Wildman–Crippen MR) is 73.5 cm³/mol. The molecule has 1 N–H and O–H groups in total. The SMILES string of the molecule is Cc1n[nH]c(C)c1S(=O)(=O)N1CCN(C(C)C#N)CC1. The molecule has 2 heterocycles. The van der Waals surface area contributed by atoms with Crippen LogP contribution in [0.25, 0.3) is 0 Å². The maximum absolute atomic E-state index is 12.6. The Balaban J connectivity index is 2.17. The highest BCUT2D eigenvalue weighted by Gasteiger charge is 2.33. The van der Waals surface area contributed by atoms with E-state index in [0.29, 0.717) is 37.6 Å². The quantitative estimate of drug-likeness (QED) is 0.863. The fourth-order valence-electron chi connectivity index (χ4n) is 2.46. The van der Waals surface area contributed by atoms with Gasteiger partial charge in [-0.05, 0) is 20.8 Å². The smallest absolute Gasteiger partial charge is 0.246 e. The molecule has 2 rings (SSSR count). The molecule has 1 aliphatic rings. The Morgan fingerprint density at radius 1 is 1.30 bits per heavy atom. The number of sulfonamides is 1. The number of nitriles is 1. The van der Waals surface area contributed by atoms with Crippen LogP contribution >= 0.6 is 0 Å². The first-order valence-electron chi connectivity index (χ1n) is 6.53. The van der Waals surface area contributed by atoms with Crippen molar-refractivity contribution in [3.05, 3.63) is 11.4 Å². The third kappa shape index (κ3) is 2.57. The highest BCUT2D eigenvalue weighted by atomic mass is 32.2. The molecule has 20 heavy (non-hydrogen) atoms. The summed E-state index contributed by atoms with van der Waals surface area (Å²) in [5, 5.41) is 15.6. The minimum atomic E-state index is -3.51. The van der Waals surface area contributed by atoms with Crippen molar-refractivity contribution in [2.45, 2.75) is 31.7 Å². The Labute approximate surface area is 119 Å². The van der Waals surface area contributed by atoms with Crippen LogP contribution in [0.15, 0.2) is 4.90 Å². The van der Waals surface area contributed by atoms with Crippen molar-refractivity contribution < 1.29 is 8.42 Å². The van der Waals surface area contributed by atoms with Crippen molar-refractivity contribution in [1.29, 1.82) is 5.26 Å². The van der Waals surface area contributed by atoms with Crippen molar-refractivity contribution in [1.82, 2.24) is 19.4 Å². The summed E-state index contributed by atoms with van der Waals surface area (Å²) in [7, 11) is -3.51. The minimum absolute atomic E-state index is 0.183. The standard InChI is InChI=1S/C12H19N5O2S/c1-9(8-13)16-4-6-17(7-5-16)20(18,19)12-10(2)14-15-11(12)3/h9H,4-7H2,1-3H3,(H,14,15). The van der Waals surface area contributed by atoms with Gasteiger partial charge in [0.2, 0.25) is 10.0 Å². The van der Waals surface area contributed by atoms with Crippen molar-refractivity contribution >= 4 is 10.0 Å². The van der Waals surface area contributed by atoms with Crippen LogP contribution in [-0.4, -0.2) is 60.0 Å². The molecule has 1 unspecified atom stereocenters. The van der Waals surface area contributed by atoms with Crippen LogP contribution in [0.1, 0.15) is 18.3 Å². The maximum atomic E-state index is 12.6. The van der Waals surface area contributed by atoms with Gasteiger partial charge in [0.1, 0.15) is 4.90 Å². The van der Waals surface area contributed by atoms with Crippen LogP contribution in [0, 0.1) is 25.2 Å². The van der Waals surface area contributed by atoms with E-state index in [1.54, 1.807) is 13.8 Å². The van der Waals surface area contributed by atoms with Gasteiger partial charge in [-0.25, -0.2) is 8.42 Å². The third-order valence-electron chi connectivity index (χ3n) is 3.67. The van der Waals surface area contributed by atoms with Gasteiger partial charge in [-0.15, -0.1) is 0 Å². The van der Waals surface area contributed by atoms with E-state index in [1.807, 2.05) is 11.8 Å². The molecule has 1 fully saturated rings. The van der Waals surface area contributed by atoms with Crippen LogP contribution < -0.4 is 0 Å². The second-order valence-corrected chi connectivity index (χ2v) is 6.88. The molecule has 0 saturated carbocycles. The van der Waals surface area contributed by atoms with E-state index in [-0.39, 0.29) is 10.9 Å². The number of nitrogens with zero attached hydrogens (tertiary/aromatic N) is 4. The zero-order valence-electron chi connectivity index (χ0n) is 11.9. The van der Waals surface area contributed by atoms with Crippen LogP contribution in [0.4, 0.5) is 0 Å². The van der Waals surface area contributed by atoms with Crippen molar-refractivity contribution in [2.24, 2.45) is 0 Å². The Hall–Kier alpha value is -1.43. The monoisotopic (exact) mass is 297 g/mol. The van der Waals surface area contributed by atoms with E-state index in [0.717, 1.165) is 0 Å². The van der Waals surface area contributed by atoms with Crippen molar-refractivity contribution in [3.63, 3.8) is 0 Å². The molecule has 7 nitrogen and oxygen atoms in total. The molecule has 0 aliphatic carbocycles. The number of rotatable bonds is 3. The predicted octanol–water partition coefficient (Wildman–Crippen LogP) is 0.245. The van der Waals surface area contributed by atoms with Crippen LogP contribution in [0.5, 0.6) is 0 Å². The molecular weight excluding hydrogens is 278 g/mol. The molecule has 8 heteroatoms. The number of nitrogens with one attached hydrogen (secondary N) is 1. The Morgan fingerprint density at radius 3 is 2.35 bits per heavy atom. The Bertz CT molecular complexity index is 603. The van der Waals surface area contributed by atoms with Gasteiger partial charge >= 0.3 is 0 Å². The molecular formula is C12H19N5O2S. The lowest BCUT2D eigenvalue weighted by Gasteiger charge is -2.35. The second-order valence-electron chi connectivity index (χ2n) is 5.01. The molecule has 0 amide bonds. The van der Waals surface area contributed by atoms with E-state index in [4.69, 9.17) is 5.26 Å². The summed E-state index contributed by atoms with van der Waals surface area (Å²) in [6.07, 6.45) is 0. The van der Waals surface area contributed by atoms with Crippen molar-refractivity contribution in [2.75, 3.05) is 26.2 Å². The average molecular weight is 297 g/mol. The normalized spacial score (nSPS) is 19.7. The molecule has 1 aromatic heterocycles. The van der Waals surface area contributed by atoms with Crippen LogP contribution in [-0.2, 0) is 10.0 Å². The number of hydrogen-bond donors (Lipinski definition) is 1. The zero-order chi connectivity index (χ0) is 14.9. The molecule has 110 valence electrons. The summed E-state index contributed by atoms with van der Waals surface area (Å²) in [6.45, 7) is 7.17. The molecule has 1 aliphatic heterocycles. The summed E-state index contributed by atoms with van der Waals surface area (Å²) in [5.41, 5.74) is 1.06. The lowest BCUT2D eigenvalue weighted by Crippen LogP contribution is -2.51. The summed E-state index contributed by atoms with van der Waals surface area (Å²) in [6, 6.07) is 1.99. The van der Waals surface area contributed by atoms with E-state index in [2.05, 4.69) is 16.3 Å². The van der Waals surface area contributed by atoms with Crippen molar-refractivity contribution in [3.8, 4) is 6.07 Å². The molecule has 0 spiro atoms. The van der Waals surface area contributed by atoms with Gasteiger partial charge in [0.25, 0.3) is 0 Å². The molecule has 0 aromatic carbocycles.